The lowest BCUT2D eigenvalue weighted by Crippen LogP contribution is -2.39. The quantitative estimate of drug-likeness (QED) is 0.789. The van der Waals surface area contributed by atoms with Gasteiger partial charge in [0.2, 0.25) is 5.88 Å². The van der Waals surface area contributed by atoms with Crippen LogP contribution >= 0.6 is 0 Å². The lowest BCUT2D eigenvalue weighted by Gasteiger charge is -2.41. The van der Waals surface area contributed by atoms with Crippen molar-refractivity contribution >= 4 is 11.8 Å². The number of esters is 1. The molecule has 0 amide bonds. The number of rotatable bonds is 3. The zero-order valence-corrected chi connectivity index (χ0v) is 15.5. The minimum absolute atomic E-state index is 0.0936. The van der Waals surface area contributed by atoms with Gasteiger partial charge in [0.25, 0.3) is 0 Å². The number of ether oxygens (including phenoxy) is 2. The summed E-state index contributed by atoms with van der Waals surface area (Å²) in [5.41, 5.74) is 7.06. The number of carbonyl (C=O) groups excluding carboxylic acids is 2. The lowest BCUT2D eigenvalue weighted by atomic mass is 9.66. The van der Waals surface area contributed by atoms with Crippen LogP contribution in [0.25, 0.3) is 0 Å². The van der Waals surface area contributed by atoms with Crippen LogP contribution in [0.1, 0.15) is 65.7 Å². The highest BCUT2D eigenvalue weighted by atomic mass is 16.5. The van der Waals surface area contributed by atoms with Gasteiger partial charge in [0, 0.05) is 24.3 Å². The summed E-state index contributed by atoms with van der Waals surface area (Å²) in [6, 6.07) is 0. The smallest absolute Gasteiger partial charge is 0.340 e. The number of allylic oxidation sites excluding steroid dienone is 2. The normalized spacial score (nSPS) is 27.0. The number of carbonyl (C=O) groups is 2. The Hall–Kier alpha value is -1.78. The summed E-state index contributed by atoms with van der Waals surface area (Å²) < 4.78 is 11.1. The fourth-order valence-electron chi connectivity index (χ4n) is 4.58. The molecule has 1 atom stereocenters. The van der Waals surface area contributed by atoms with E-state index in [2.05, 4.69) is 13.8 Å². The van der Waals surface area contributed by atoms with Crippen LogP contribution in [0.4, 0.5) is 0 Å². The monoisotopic (exact) mass is 347 g/mol. The zero-order chi connectivity index (χ0) is 18.2. The van der Waals surface area contributed by atoms with E-state index in [0.717, 1.165) is 25.7 Å². The van der Waals surface area contributed by atoms with E-state index in [1.165, 1.54) is 6.42 Å². The van der Waals surface area contributed by atoms with Crippen molar-refractivity contribution in [1.82, 2.24) is 0 Å². The van der Waals surface area contributed by atoms with Crippen LogP contribution in [0.3, 0.4) is 0 Å². The van der Waals surface area contributed by atoms with Crippen molar-refractivity contribution in [3.63, 3.8) is 0 Å². The molecule has 1 heterocycles. The Labute approximate surface area is 149 Å². The molecule has 25 heavy (non-hydrogen) atoms. The highest BCUT2D eigenvalue weighted by Gasteiger charge is 2.47. The third kappa shape index (κ3) is 3.46. The van der Waals surface area contributed by atoms with E-state index in [-0.39, 0.29) is 35.5 Å². The number of ketones is 1. The summed E-state index contributed by atoms with van der Waals surface area (Å²) in [6.07, 6.45) is 6.63. The van der Waals surface area contributed by atoms with E-state index in [4.69, 9.17) is 15.2 Å². The zero-order valence-electron chi connectivity index (χ0n) is 15.5. The first-order valence-electron chi connectivity index (χ1n) is 9.45. The molecule has 5 nitrogen and oxygen atoms in total. The van der Waals surface area contributed by atoms with Gasteiger partial charge >= 0.3 is 5.97 Å². The molecule has 0 saturated heterocycles. The first-order valence-corrected chi connectivity index (χ1v) is 9.45. The molecule has 0 unspecified atom stereocenters. The average Bonchev–Trinajstić information content (AvgIpc) is 2.53. The minimum Gasteiger partial charge on any atom is -0.462 e. The molecule has 2 aliphatic carbocycles. The molecule has 5 heteroatoms. The summed E-state index contributed by atoms with van der Waals surface area (Å²) in [5.74, 6) is 0.425. The van der Waals surface area contributed by atoms with E-state index >= 15 is 0 Å². The van der Waals surface area contributed by atoms with Crippen LogP contribution < -0.4 is 5.73 Å². The van der Waals surface area contributed by atoms with Gasteiger partial charge in [0.1, 0.15) is 11.3 Å². The van der Waals surface area contributed by atoms with Gasteiger partial charge in [0.15, 0.2) is 5.78 Å². The first-order chi connectivity index (χ1) is 11.8. The molecule has 1 fully saturated rings. The molecule has 0 radical (unpaired) electrons. The maximum Gasteiger partial charge on any atom is 0.340 e. The second kappa shape index (κ2) is 6.85. The Morgan fingerprint density at radius 2 is 1.92 bits per heavy atom. The van der Waals surface area contributed by atoms with Gasteiger partial charge in [0.05, 0.1) is 6.61 Å². The van der Waals surface area contributed by atoms with Gasteiger partial charge in [-0.2, -0.15) is 0 Å². The first kappa shape index (κ1) is 18.0. The molecule has 0 bridgehead atoms. The van der Waals surface area contributed by atoms with Crippen molar-refractivity contribution in [1.29, 1.82) is 0 Å². The summed E-state index contributed by atoms with van der Waals surface area (Å²) in [4.78, 5) is 25.6. The fraction of sp³-hybridized carbons (Fsp3) is 0.700. The number of hydrogen-bond acceptors (Lipinski definition) is 5. The fourth-order valence-corrected chi connectivity index (χ4v) is 4.58. The Morgan fingerprint density at radius 3 is 2.56 bits per heavy atom. The number of nitrogens with two attached hydrogens (primary N) is 1. The summed E-state index contributed by atoms with van der Waals surface area (Å²) in [5, 5.41) is 0. The van der Waals surface area contributed by atoms with Crippen LogP contribution in [-0.4, -0.2) is 18.4 Å². The Kier molecular flexibility index (Phi) is 4.94. The van der Waals surface area contributed by atoms with E-state index in [1.807, 2.05) is 0 Å². The second-order valence-corrected chi connectivity index (χ2v) is 8.25. The number of hydrogen-bond donors (Lipinski definition) is 1. The summed E-state index contributed by atoms with van der Waals surface area (Å²) in [7, 11) is 0. The molecular formula is C20H29NO4. The maximum absolute atomic E-state index is 13.0. The molecule has 138 valence electrons. The van der Waals surface area contributed by atoms with E-state index < -0.39 is 5.97 Å². The predicted molar refractivity (Wildman–Crippen MR) is 94.0 cm³/mol. The summed E-state index contributed by atoms with van der Waals surface area (Å²) >= 11 is 0. The van der Waals surface area contributed by atoms with Crippen molar-refractivity contribution in [2.45, 2.75) is 65.7 Å². The molecule has 1 aliphatic heterocycles. The van der Waals surface area contributed by atoms with Crippen molar-refractivity contribution in [2.75, 3.05) is 6.61 Å². The molecule has 0 aromatic carbocycles. The molecule has 1 saturated carbocycles. The van der Waals surface area contributed by atoms with Crippen LogP contribution in [0, 0.1) is 17.3 Å². The molecule has 2 N–H and O–H groups in total. The molecule has 0 spiro atoms. The molecular weight excluding hydrogens is 318 g/mol. The van der Waals surface area contributed by atoms with Crippen molar-refractivity contribution in [3.8, 4) is 0 Å². The summed E-state index contributed by atoms with van der Waals surface area (Å²) in [6.45, 7) is 6.18. The maximum atomic E-state index is 13.0. The highest BCUT2D eigenvalue weighted by molar-refractivity contribution is 6.02. The minimum atomic E-state index is -0.445. The Bertz CT molecular complexity index is 638. The van der Waals surface area contributed by atoms with Gasteiger partial charge in [-0.1, -0.05) is 33.1 Å². The SMILES string of the molecule is CCOC(=O)C1=C(N)OC2=C(C(=O)CC(C)(C)C2)[C@@H]1C1CCCCC1. The van der Waals surface area contributed by atoms with Gasteiger partial charge in [-0.05, 0) is 31.1 Å². The second-order valence-electron chi connectivity index (χ2n) is 8.25. The Balaban J connectivity index is 2.05. The van der Waals surface area contributed by atoms with Gasteiger partial charge < -0.3 is 15.2 Å². The van der Waals surface area contributed by atoms with Crippen molar-refractivity contribution in [3.05, 3.63) is 22.8 Å². The van der Waals surface area contributed by atoms with Gasteiger partial charge in [-0.3, -0.25) is 4.79 Å². The van der Waals surface area contributed by atoms with Crippen molar-refractivity contribution < 1.29 is 19.1 Å². The largest absolute Gasteiger partial charge is 0.462 e. The molecule has 3 rings (SSSR count). The predicted octanol–water partition coefficient (Wildman–Crippen LogP) is 3.59. The van der Waals surface area contributed by atoms with Gasteiger partial charge in [-0.25, -0.2) is 4.79 Å². The van der Waals surface area contributed by atoms with E-state index in [9.17, 15) is 9.59 Å². The van der Waals surface area contributed by atoms with Crippen LogP contribution in [0.2, 0.25) is 0 Å². The molecule has 0 aromatic heterocycles. The molecule has 3 aliphatic rings. The highest BCUT2D eigenvalue weighted by Crippen LogP contribution is 2.49. The van der Waals surface area contributed by atoms with Crippen molar-refractivity contribution in [2.24, 2.45) is 23.0 Å². The third-order valence-corrected chi connectivity index (χ3v) is 5.62. The van der Waals surface area contributed by atoms with E-state index in [0.29, 0.717) is 29.7 Å². The third-order valence-electron chi connectivity index (χ3n) is 5.62. The van der Waals surface area contributed by atoms with E-state index in [1.54, 1.807) is 6.92 Å². The topological polar surface area (TPSA) is 78.6 Å². The van der Waals surface area contributed by atoms with Gasteiger partial charge in [-0.15, -0.1) is 0 Å². The lowest BCUT2D eigenvalue weighted by molar-refractivity contribution is -0.139. The van der Waals surface area contributed by atoms with Crippen LogP contribution in [0.15, 0.2) is 22.8 Å². The van der Waals surface area contributed by atoms with Crippen LogP contribution in [0.5, 0.6) is 0 Å². The molecule has 0 aromatic rings. The Morgan fingerprint density at radius 1 is 1.24 bits per heavy atom. The number of Topliss-reactive ketones (excluding diaryl/α,β-unsaturated/α-hetero) is 1. The average molecular weight is 347 g/mol. The standard InChI is InChI=1S/C20H29NO4/c1-4-24-19(23)17-15(12-8-6-5-7-9-12)16-13(22)10-20(2,3)11-14(16)25-18(17)21/h12,15H,4-11,21H2,1-3H3/t15-/m0/s1. The van der Waals surface area contributed by atoms with Crippen LogP contribution in [-0.2, 0) is 19.1 Å².